The van der Waals surface area contributed by atoms with Gasteiger partial charge < -0.3 is 4.74 Å². The van der Waals surface area contributed by atoms with Crippen LogP contribution in [0.3, 0.4) is 0 Å². The first-order chi connectivity index (χ1) is 9.46. The molecule has 0 N–H and O–H groups in total. The lowest BCUT2D eigenvalue weighted by Gasteiger charge is -2.14. The molecule has 20 heavy (non-hydrogen) atoms. The molecular formula is C14H18N2O3S. The van der Waals surface area contributed by atoms with Crippen LogP contribution in [-0.4, -0.2) is 24.0 Å². The second-order valence-corrected chi connectivity index (χ2v) is 6.50. The molecule has 2 aromatic rings. The molecule has 0 bridgehead atoms. The second kappa shape index (κ2) is 5.66. The Balaban J connectivity index is 2.61. The quantitative estimate of drug-likeness (QED) is 0.850. The molecular weight excluding hydrogens is 276 g/mol. The maximum atomic E-state index is 12.6. The summed E-state index contributed by atoms with van der Waals surface area (Å²) in [6, 6.07) is 5.27. The van der Waals surface area contributed by atoms with E-state index in [9.17, 15) is 8.42 Å². The van der Waals surface area contributed by atoms with Crippen LogP contribution in [0.25, 0.3) is 0 Å². The summed E-state index contributed by atoms with van der Waals surface area (Å²) < 4.78 is 31.8. The van der Waals surface area contributed by atoms with Crippen LogP contribution in [0, 0.1) is 0 Å². The number of hydrogen-bond donors (Lipinski definition) is 0. The van der Waals surface area contributed by atoms with Crippen LogP contribution in [0.4, 0.5) is 0 Å². The number of benzene rings is 1. The highest BCUT2D eigenvalue weighted by Gasteiger charge is 2.22. The van der Waals surface area contributed by atoms with Crippen molar-refractivity contribution in [1.29, 1.82) is 0 Å². The summed E-state index contributed by atoms with van der Waals surface area (Å²) in [4.78, 5) is 3.96. The van der Waals surface area contributed by atoms with Gasteiger partial charge in [-0.2, -0.15) is 0 Å². The molecule has 1 aromatic carbocycles. The Kier molecular flexibility index (Phi) is 4.13. The van der Waals surface area contributed by atoms with Gasteiger partial charge in [-0.05, 0) is 30.5 Å². The molecule has 0 fully saturated rings. The molecule has 6 heteroatoms. The van der Waals surface area contributed by atoms with E-state index in [0.29, 0.717) is 12.4 Å². The molecule has 0 atom stereocenters. The first kappa shape index (κ1) is 14.6. The van der Waals surface area contributed by atoms with E-state index in [4.69, 9.17) is 4.74 Å². The van der Waals surface area contributed by atoms with Gasteiger partial charge in [-0.15, -0.1) is 0 Å². The van der Waals surface area contributed by atoms with Crippen molar-refractivity contribution >= 4 is 10.0 Å². The summed E-state index contributed by atoms with van der Waals surface area (Å²) >= 11 is 0. The molecule has 0 aliphatic carbocycles. The second-order valence-electron chi connectivity index (χ2n) is 4.69. The number of aromatic nitrogens is 2. The molecule has 0 saturated carbocycles. The summed E-state index contributed by atoms with van der Waals surface area (Å²) in [5, 5.41) is 0. The summed E-state index contributed by atoms with van der Waals surface area (Å²) in [6.07, 6.45) is 4.12. The average molecular weight is 294 g/mol. The van der Waals surface area contributed by atoms with Crippen LogP contribution in [0.5, 0.6) is 5.75 Å². The Labute approximate surface area is 119 Å². The van der Waals surface area contributed by atoms with Crippen LogP contribution in [-0.2, 0) is 10.0 Å². The molecule has 1 aromatic heterocycles. The van der Waals surface area contributed by atoms with Crippen molar-refractivity contribution < 1.29 is 13.2 Å². The zero-order valence-electron chi connectivity index (χ0n) is 11.8. The van der Waals surface area contributed by atoms with Gasteiger partial charge in [0.2, 0.25) is 0 Å². The highest BCUT2D eigenvalue weighted by Crippen LogP contribution is 2.29. The predicted octanol–water partition coefficient (Wildman–Crippen LogP) is 2.64. The number of rotatable bonds is 5. The van der Waals surface area contributed by atoms with Gasteiger partial charge in [-0.3, -0.25) is 0 Å². The molecule has 0 aliphatic rings. The third kappa shape index (κ3) is 2.70. The van der Waals surface area contributed by atoms with Gasteiger partial charge in [0.25, 0.3) is 10.0 Å². The smallest absolute Gasteiger partial charge is 0.272 e. The summed E-state index contributed by atoms with van der Waals surface area (Å²) in [5.41, 5.74) is 0.951. The molecule has 5 nitrogen and oxygen atoms in total. The number of hydrogen-bond acceptors (Lipinski definition) is 4. The maximum absolute atomic E-state index is 12.6. The predicted molar refractivity (Wildman–Crippen MR) is 76.5 cm³/mol. The number of ether oxygens (including phenoxy) is 1. The van der Waals surface area contributed by atoms with Gasteiger partial charge in [0, 0.05) is 12.4 Å². The van der Waals surface area contributed by atoms with E-state index < -0.39 is 10.0 Å². The van der Waals surface area contributed by atoms with E-state index in [0.717, 1.165) is 9.54 Å². The SMILES string of the molecule is CCOc1ccc(C(C)C)cc1S(=O)(=O)n1ccnc1. The Morgan fingerprint density at radius 2 is 2.10 bits per heavy atom. The largest absolute Gasteiger partial charge is 0.492 e. The van der Waals surface area contributed by atoms with Crippen LogP contribution in [0.1, 0.15) is 32.3 Å². The standard InChI is InChI=1S/C14H18N2O3S/c1-4-19-13-6-5-12(11(2)3)9-14(13)20(17,18)16-8-7-15-10-16/h5-11H,4H2,1-3H3. The Morgan fingerprint density at radius 3 is 2.65 bits per heavy atom. The molecule has 0 radical (unpaired) electrons. The van der Waals surface area contributed by atoms with Crippen molar-refractivity contribution in [3.05, 3.63) is 42.5 Å². The summed E-state index contributed by atoms with van der Waals surface area (Å²) in [6.45, 7) is 6.27. The fourth-order valence-corrected chi connectivity index (χ4v) is 3.15. The van der Waals surface area contributed by atoms with E-state index >= 15 is 0 Å². The Bertz CT molecular complexity index is 676. The van der Waals surface area contributed by atoms with Crippen molar-refractivity contribution in [3.8, 4) is 5.75 Å². The van der Waals surface area contributed by atoms with Crippen molar-refractivity contribution in [1.82, 2.24) is 8.96 Å². The fraction of sp³-hybridized carbons (Fsp3) is 0.357. The van der Waals surface area contributed by atoms with Gasteiger partial charge in [0.15, 0.2) is 0 Å². The number of imidazole rings is 1. The minimum Gasteiger partial charge on any atom is -0.492 e. The number of nitrogens with zero attached hydrogens (tertiary/aromatic N) is 2. The molecule has 0 aliphatic heterocycles. The molecule has 0 saturated heterocycles. The Morgan fingerprint density at radius 1 is 1.35 bits per heavy atom. The van der Waals surface area contributed by atoms with Crippen LogP contribution < -0.4 is 4.74 Å². The highest BCUT2D eigenvalue weighted by atomic mass is 32.2. The lowest BCUT2D eigenvalue weighted by Crippen LogP contribution is -2.13. The molecule has 108 valence electrons. The summed E-state index contributed by atoms with van der Waals surface area (Å²) in [5.74, 6) is 0.605. The normalized spacial score (nSPS) is 11.8. The molecule has 0 spiro atoms. The minimum atomic E-state index is -3.68. The van der Waals surface area contributed by atoms with E-state index in [1.54, 1.807) is 12.1 Å². The monoisotopic (exact) mass is 294 g/mol. The summed E-state index contributed by atoms with van der Waals surface area (Å²) in [7, 11) is -3.68. The van der Waals surface area contributed by atoms with Crippen LogP contribution in [0.2, 0.25) is 0 Å². The van der Waals surface area contributed by atoms with E-state index in [2.05, 4.69) is 4.98 Å². The zero-order valence-corrected chi connectivity index (χ0v) is 12.6. The van der Waals surface area contributed by atoms with Gasteiger partial charge >= 0.3 is 0 Å². The highest BCUT2D eigenvalue weighted by molar-refractivity contribution is 7.90. The lowest BCUT2D eigenvalue weighted by atomic mass is 10.0. The maximum Gasteiger partial charge on any atom is 0.272 e. The van der Waals surface area contributed by atoms with Gasteiger partial charge in [-0.1, -0.05) is 19.9 Å². The molecule has 1 heterocycles. The van der Waals surface area contributed by atoms with E-state index in [1.807, 2.05) is 26.8 Å². The third-order valence-corrected chi connectivity index (χ3v) is 4.62. The topological polar surface area (TPSA) is 61.2 Å². The van der Waals surface area contributed by atoms with E-state index in [1.165, 1.54) is 18.7 Å². The fourth-order valence-electron chi connectivity index (χ4n) is 1.86. The van der Waals surface area contributed by atoms with Gasteiger partial charge in [0.05, 0.1) is 6.61 Å². The van der Waals surface area contributed by atoms with Crippen LogP contribution >= 0.6 is 0 Å². The molecule has 0 amide bonds. The lowest BCUT2D eigenvalue weighted by molar-refractivity contribution is 0.331. The zero-order chi connectivity index (χ0) is 14.8. The van der Waals surface area contributed by atoms with Crippen molar-refractivity contribution in [2.24, 2.45) is 0 Å². The van der Waals surface area contributed by atoms with Crippen molar-refractivity contribution in [3.63, 3.8) is 0 Å². The average Bonchev–Trinajstić information content (AvgIpc) is 2.93. The van der Waals surface area contributed by atoms with Gasteiger partial charge in [0.1, 0.15) is 17.0 Å². The molecule has 2 rings (SSSR count). The first-order valence-corrected chi connectivity index (χ1v) is 7.91. The minimum absolute atomic E-state index is 0.170. The Hall–Kier alpha value is -1.82. The van der Waals surface area contributed by atoms with E-state index in [-0.39, 0.29) is 10.8 Å². The molecule has 0 unspecified atom stereocenters. The van der Waals surface area contributed by atoms with Crippen molar-refractivity contribution in [2.45, 2.75) is 31.6 Å². The van der Waals surface area contributed by atoms with Crippen LogP contribution in [0.15, 0.2) is 41.8 Å². The first-order valence-electron chi connectivity index (χ1n) is 6.47. The third-order valence-electron chi connectivity index (χ3n) is 2.97. The van der Waals surface area contributed by atoms with Gasteiger partial charge in [-0.25, -0.2) is 17.4 Å². The van der Waals surface area contributed by atoms with Crippen molar-refractivity contribution in [2.75, 3.05) is 6.61 Å².